The van der Waals surface area contributed by atoms with Gasteiger partial charge < -0.3 is 10.1 Å². The third-order valence-corrected chi connectivity index (χ3v) is 2.76. The monoisotopic (exact) mass is 229 g/mol. The van der Waals surface area contributed by atoms with E-state index in [1.165, 1.54) is 6.07 Å². The van der Waals surface area contributed by atoms with Crippen molar-refractivity contribution in [2.75, 3.05) is 18.5 Å². The van der Waals surface area contributed by atoms with Crippen molar-refractivity contribution in [1.29, 1.82) is 0 Å². The fourth-order valence-electron chi connectivity index (χ4n) is 1.68. The van der Waals surface area contributed by atoms with Gasteiger partial charge in [-0.3, -0.25) is 0 Å². The molecule has 1 aromatic carbocycles. The lowest BCUT2D eigenvalue weighted by Gasteiger charge is -2.24. The van der Waals surface area contributed by atoms with Crippen molar-refractivity contribution >= 4 is 17.3 Å². The Kier molecular flexibility index (Phi) is 3.44. The van der Waals surface area contributed by atoms with Crippen LogP contribution >= 0.6 is 11.6 Å². The maximum absolute atomic E-state index is 13.1. The van der Waals surface area contributed by atoms with E-state index in [1.807, 2.05) is 0 Å². The lowest BCUT2D eigenvalue weighted by molar-refractivity contribution is 0.0876. The zero-order valence-electron chi connectivity index (χ0n) is 8.30. The molecule has 1 saturated heterocycles. The van der Waals surface area contributed by atoms with Gasteiger partial charge in [-0.25, -0.2) is 4.39 Å². The molecule has 1 atom stereocenters. The number of halogens is 2. The molecule has 1 aliphatic rings. The highest BCUT2D eigenvalue weighted by molar-refractivity contribution is 6.30. The Bertz CT molecular complexity index is 339. The number of rotatable bonds is 2. The van der Waals surface area contributed by atoms with Gasteiger partial charge in [0.15, 0.2) is 0 Å². The highest BCUT2D eigenvalue weighted by atomic mass is 35.5. The summed E-state index contributed by atoms with van der Waals surface area (Å²) in [5.74, 6) is -0.390. The molecule has 0 saturated carbocycles. The average Bonchev–Trinajstić information content (AvgIpc) is 2.25. The van der Waals surface area contributed by atoms with Crippen LogP contribution in [0.5, 0.6) is 0 Å². The molecule has 1 fully saturated rings. The van der Waals surface area contributed by atoms with Crippen molar-refractivity contribution in [2.45, 2.75) is 18.9 Å². The third-order valence-electron chi connectivity index (χ3n) is 2.45. The number of hydrogen-bond donors (Lipinski definition) is 1. The minimum absolute atomic E-state index is 0.153. The Hall–Kier alpha value is -0.800. The fraction of sp³-hybridized carbons (Fsp3) is 0.455. The summed E-state index contributed by atoms with van der Waals surface area (Å²) in [7, 11) is 0. The molecule has 1 unspecified atom stereocenters. The van der Waals surface area contributed by atoms with Gasteiger partial charge in [0, 0.05) is 18.3 Å². The average molecular weight is 230 g/mol. The van der Waals surface area contributed by atoms with E-state index in [1.54, 1.807) is 12.1 Å². The molecule has 0 amide bonds. The maximum Gasteiger partial charge on any atom is 0.143 e. The van der Waals surface area contributed by atoms with E-state index in [-0.39, 0.29) is 11.1 Å². The van der Waals surface area contributed by atoms with Gasteiger partial charge in [0.2, 0.25) is 0 Å². The number of benzene rings is 1. The number of nitrogens with one attached hydrogen (secondary N) is 1. The Morgan fingerprint density at radius 3 is 3.00 bits per heavy atom. The highest BCUT2D eigenvalue weighted by Crippen LogP contribution is 2.20. The van der Waals surface area contributed by atoms with Crippen LogP contribution in [-0.2, 0) is 4.74 Å². The number of ether oxygens (including phenoxy) is 1. The van der Waals surface area contributed by atoms with Crippen LogP contribution in [0.25, 0.3) is 0 Å². The smallest absolute Gasteiger partial charge is 0.143 e. The van der Waals surface area contributed by atoms with E-state index >= 15 is 0 Å². The minimum Gasteiger partial charge on any atom is -0.380 e. The van der Waals surface area contributed by atoms with Gasteiger partial charge >= 0.3 is 0 Å². The summed E-state index contributed by atoms with van der Waals surface area (Å²) in [5, 5.41) is 3.38. The van der Waals surface area contributed by atoms with Gasteiger partial charge in [0.25, 0.3) is 0 Å². The van der Waals surface area contributed by atoms with Crippen molar-refractivity contribution in [2.24, 2.45) is 0 Å². The Labute approximate surface area is 93.4 Å². The van der Waals surface area contributed by atoms with E-state index in [9.17, 15) is 4.39 Å². The van der Waals surface area contributed by atoms with Crippen molar-refractivity contribution in [3.05, 3.63) is 29.0 Å². The van der Waals surface area contributed by atoms with Crippen LogP contribution in [0.15, 0.2) is 18.2 Å². The zero-order chi connectivity index (χ0) is 10.7. The van der Waals surface area contributed by atoms with Crippen molar-refractivity contribution in [3.63, 3.8) is 0 Å². The van der Waals surface area contributed by atoms with E-state index in [0.29, 0.717) is 6.61 Å². The standard InChI is InChI=1S/C11H13ClFNO/c12-10-4-3-8(6-11(10)13)14-9-2-1-5-15-7-9/h3-4,6,9,14H,1-2,5,7H2. The summed E-state index contributed by atoms with van der Waals surface area (Å²) >= 11 is 5.60. The van der Waals surface area contributed by atoms with Crippen LogP contribution in [0.2, 0.25) is 5.02 Å². The first-order valence-corrected chi connectivity index (χ1v) is 5.43. The Morgan fingerprint density at radius 2 is 2.33 bits per heavy atom. The normalized spacial score (nSPS) is 21.3. The molecule has 82 valence electrons. The van der Waals surface area contributed by atoms with Crippen molar-refractivity contribution < 1.29 is 9.13 Å². The first-order chi connectivity index (χ1) is 7.25. The Balaban J connectivity index is 2.00. The largest absolute Gasteiger partial charge is 0.380 e. The van der Waals surface area contributed by atoms with Crippen LogP contribution in [0, 0.1) is 5.82 Å². The predicted octanol–water partition coefficient (Wildman–Crippen LogP) is 3.07. The lowest BCUT2D eigenvalue weighted by atomic mass is 10.1. The lowest BCUT2D eigenvalue weighted by Crippen LogP contribution is -2.29. The molecule has 4 heteroatoms. The summed E-state index contributed by atoms with van der Waals surface area (Å²) in [6.45, 7) is 1.51. The summed E-state index contributed by atoms with van der Waals surface area (Å²) in [6.07, 6.45) is 2.11. The minimum atomic E-state index is -0.390. The van der Waals surface area contributed by atoms with Gasteiger partial charge in [0.1, 0.15) is 5.82 Å². The zero-order valence-corrected chi connectivity index (χ0v) is 9.06. The van der Waals surface area contributed by atoms with Gasteiger partial charge in [0.05, 0.1) is 11.6 Å². The van der Waals surface area contributed by atoms with Crippen molar-refractivity contribution in [1.82, 2.24) is 0 Å². The molecule has 1 aromatic rings. The molecular formula is C11H13ClFNO. The van der Waals surface area contributed by atoms with Crippen LogP contribution in [0.4, 0.5) is 10.1 Å². The maximum atomic E-state index is 13.1. The van der Waals surface area contributed by atoms with Gasteiger partial charge in [-0.1, -0.05) is 11.6 Å². The first-order valence-electron chi connectivity index (χ1n) is 5.05. The summed E-state index contributed by atoms with van der Waals surface area (Å²) in [6, 6.07) is 5.03. The molecule has 1 aliphatic heterocycles. The second-order valence-corrected chi connectivity index (χ2v) is 4.09. The van der Waals surface area contributed by atoms with Crippen LogP contribution in [-0.4, -0.2) is 19.3 Å². The molecule has 0 radical (unpaired) electrons. The van der Waals surface area contributed by atoms with Crippen LogP contribution in [0.3, 0.4) is 0 Å². The summed E-state index contributed by atoms with van der Waals surface area (Å²) in [5.41, 5.74) is 0.757. The van der Waals surface area contributed by atoms with Crippen LogP contribution < -0.4 is 5.32 Å². The van der Waals surface area contributed by atoms with E-state index in [0.717, 1.165) is 25.1 Å². The summed E-state index contributed by atoms with van der Waals surface area (Å²) in [4.78, 5) is 0. The first kappa shape index (κ1) is 10.7. The second-order valence-electron chi connectivity index (χ2n) is 3.69. The van der Waals surface area contributed by atoms with Gasteiger partial charge in [-0.05, 0) is 31.0 Å². The SMILES string of the molecule is Fc1cc(NC2CCCOC2)ccc1Cl. The summed E-state index contributed by atoms with van der Waals surface area (Å²) < 4.78 is 18.5. The van der Waals surface area contributed by atoms with E-state index in [4.69, 9.17) is 16.3 Å². The molecule has 0 bridgehead atoms. The molecule has 1 N–H and O–H groups in total. The number of anilines is 1. The van der Waals surface area contributed by atoms with Crippen LogP contribution in [0.1, 0.15) is 12.8 Å². The molecule has 1 heterocycles. The predicted molar refractivity (Wildman–Crippen MR) is 58.9 cm³/mol. The van der Waals surface area contributed by atoms with E-state index in [2.05, 4.69) is 5.32 Å². The van der Waals surface area contributed by atoms with Gasteiger partial charge in [-0.15, -0.1) is 0 Å². The van der Waals surface area contributed by atoms with Crippen molar-refractivity contribution in [3.8, 4) is 0 Å². The molecule has 0 aliphatic carbocycles. The quantitative estimate of drug-likeness (QED) is 0.842. The number of hydrogen-bond acceptors (Lipinski definition) is 2. The Morgan fingerprint density at radius 1 is 1.47 bits per heavy atom. The molecule has 0 spiro atoms. The fourth-order valence-corrected chi connectivity index (χ4v) is 1.79. The van der Waals surface area contributed by atoms with Gasteiger partial charge in [-0.2, -0.15) is 0 Å². The topological polar surface area (TPSA) is 21.3 Å². The highest BCUT2D eigenvalue weighted by Gasteiger charge is 2.13. The molecule has 2 nitrogen and oxygen atoms in total. The molecular weight excluding hydrogens is 217 g/mol. The molecule has 15 heavy (non-hydrogen) atoms. The molecule has 0 aromatic heterocycles. The molecule has 2 rings (SSSR count). The van der Waals surface area contributed by atoms with E-state index < -0.39 is 5.82 Å². The second kappa shape index (κ2) is 4.81. The third kappa shape index (κ3) is 2.83.